The van der Waals surface area contributed by atoms with Crippen LogP contribution >= 0.6 is 15.9 Å². The van der Waals surface area contributed by atoms with Crippen LogP contribution in [0.3, 0.4) is 0 Å². The molecule has 0 aromatic heterocycles. The Morgan fingerprint density at radius 3 is 2.36 bits per heavy atom. The van der Waals surface area contributed by atoms with E-state index in [4.69, 9.17) is 0 Å². The largest absolute Gasteiger partial charge is 0.355 e. The molecule has 1 amide bonds. The van der Waals surface area contributed by atoms with Gasteiger partial charge >= 0.3 is 0 Å². The van der Waals surface area contributed by atoms with E-state index < -0.39 is 0 Å². The molecular weight excluding hydrogens is 338 g/mol. The average molecular weight is 358 g/mol. The predicted octanol–water partition coefficient (Wildman–Crippen LogP) is 4.23. The number of nitrogens with one attached hydrogen (secondary N) is 1. The number of benzene rings is 2. The summed E-state index contributed by atoms with van der Waals surface area (Å²) in [6, 6.07) is 18.4. The third-order valence-electron chi connectivity index (χ3n) is 4.63. The van der Waals surface area contributed by atoms with Gasteiger partial charge in [-0.15, -0.1) is 0 Å². The van der Waals surface area contributed by atoms with Gasteiger partial charge in [-0.2, -0.15) is 0 Å². The van der Waals surface area contributed by atoms with E-state index in [0.29, 0.717) is 6.42 Å². The summed E-state index contributed by atoms with van der Waals surface area (Å²) >= 11 is 3.50. The summed E-state index contributed by atoms with van der Waals surface area (Å²) in [5, 5.41) is 3.14. The topological polar surface area (TPSA) is 29.1 Å². The van der Waals surface area contributed by atoms with Crippen molar-refractivity contribution in [2.24, 2.45) is 0 Å². The molecule has 0 aliphatic heterocycles. The second-order valence-electron chi connectivity index (χ2n) is 6.04. The van der Waals surface area contributed by atoms with Gasteiger partial charge in [-0.05, 0) is 30.0 Å². The Bertz CT molecular complexity index is 649. The lowest BCUT2D eigenvalue weighted by atomic mass is 9.64. The van der Waals surface area contributed by atoms with Crippen LogP contribution < -0.4 is 5.32 Å². The van der Waals surface area contributed by atoms with E-state index in [1.807, 2.05) is 30.3 Å². The number of carbonyl (C=O) groups excluding carboxylic acids is 1. The molecule has 2 aromatic rings. The van der Waals surface area contributed by atoms with Crippen LogP contribution in [0.4, 0.5) is 0 Å². The molecule has 3 rings (SSSR count). The Kier molecular flexibility index (Phi) is 4.63. The molecule has 0 atom stereocenters. The second kappa shape index (κ2) is 6.66. The second-order valence-corrected chi connectivity index (χ2v) is 6.90. The highest BCUT2D eigenvalue weighted by atomic mass is 79.9. The van der Waals surface area contributed by atoms with Crippen molar-refractivity contribution in [3.05, 3.63) is 70.2 Å². The van der Waals surface area contributed by atoms with Gasteiger partial charge in [0.05, 0.1) is 6.42 Å². The Hall–Kier alpha value is -1.61. The van der Waals surface area contributed by atoms with Crippen molar-refractivity contribution in [2.75, 3.05) is 6.54 Å². The summed E-state index contributed by atoms with van der Waals surface area (Å²) < 4.78 is 0.992. The van der Waals surface area contributed by atoms with Gasteiger partial charge in [-0.25, -0.2) is 0 Å². The minimum absolute atomic E-state index is 0.0918. The summed E-state index contributed by atoms with van der Waals surface area (Å²) in [4.78, 5) is 12.3. The van der Waals surface area contributed by atoms with Crippen LogP contribution in [0.15, 0.2) is 59.1 Å². The van der Waals surface area contributed by atoms with Crippen LogP contribution in [0, 0.1) is 0 Å². The molecule has 2 nitrogen and oxygen atoms in total. The first-order valence-electron chi connectivity index (χ1n) is 7.75. The van der Waals surface area contributed by atoms with E-state index in [0.717, 1.165) is 29.4 Å². The summed E-state index contributed by atoms with van der Waals surface area (Å²) in [5.74, 6) is 0.0918. The lowest BCUT2D eigenvalue weighted by Crippen LogP contribution is -2.45. The summed E-state index contributed by atoms with van der Waals surface area (Å²) in [7, 11) is 0. The highest BCUT2D eigenvalue weighted by molar-refractivity contribution is 9.10. The monoisotopic (exact) mass is 357 g/mol. The molecule has 0 unspecified atom stereocenters. The molecule has 1 N–H and O–H groups in total. The molecule has 2 aromatic carbocycles. The zero-order chi connectivity index (χ0) is 15.4. The number of halogens is 1. The molecule has 3 heteroatoms. The molecule has 1 aliphatic rings. The molecule has 0 heterocycles. The Morgan fingerprint density at radius 2 is 1.73 bits per heavy atom. The third kappa shape index (κ3) is 3.25. The highest BCUT2D eigenvalue weighted by Crippen LogP contribution is 2.43. The maximum absolute atomic E-state index is 12.3. The first-order chi connectivity index (χ1) is 10.7. The third-order valence-corrected chi connectivity index (χ3v) is 5.40. The molecule has 114 valence electrons. The molecule has 22 heavy (non-hydrogen) atoms. The summed E-state index contributed by atoms with van der Waals surface area (Å²) in [5.41, 5.74) is 2.52. The molecule has 1 fully saturated rings. The predicted molar refractivity (Wildman–Crippen MR) is 92.8 cm³/mol. The number of amides is 1. The number of hydrogen-bond donors (Lipinski definition) is 1. The van der Waals surface area contributed by atoms with E-state index in [1.54, 1.807) is 0 Å². The number of rotatable bonds is 5. The van der Waals surface area contributed by atoms with Crippen LogP contribution in [-0.2, 0) is 16.6 Å². The van der Waals surface area contributed by atoms with Gasteiger partial charge in [0.2, 0.25) is 5.91 Å². The van der Waals surface area contributed by atoms with E-state index in [9.17, 15) is 4.79 Å². The van der Waals surface area contributed by atoms with Crippen molar-refractivity contribution >= 4 is 21.8 Å². The Balaban J connectivity index is 1.62. The van der Waals surface area contributed by atoms with Crippen molar-refractivity contribution in [1.29, 1.82) is 0 Å². The van der Waals surface area contributed by atoms with E-state index in [2.05, 4.69) is 45.5 Å². The molecule has 1 aliphatic carbocycles. The smallest absolute Gasteiger partial charge is 0.224 e. The van der Waals surface area contributed by atoms with Crippen molar-refractivity contribution in [3.8, 4) is 0 Å². The summed E-state index contributed by atoms with van der Waals surface area (Å²) in [6.45, 7) is 0.736. The van der Waals surface area contributed by atoms with Gasteiger partial charge in [0, 0.05) is 16.4 Å². The standard InChI is InChI=1S/C19H20BrNO/c20-17-10-5-4-7-15(17)13-18(22)21-14-19(11-6-12-19)16-8-2-1-3-9-16/h1-5,7-10H,6,11-14H2,(H,21,22). The maximum atomic E-state index is 12.3. The first kappa shape index (κ1) is 15.3. The molecule has 0 radical (unpaired) electrons. The van der Waals surface area contributed by atoms with Crippen molar-refractivity contribution in [1.82, 2.24) is 5.32 Å². The molecule has 1 saturated carbocycles. The molecule has 0 bridgehead atoms. The van der Waals surface area contributed by atoms with Crippen LogP contribution in [0.2, 0.25) is 0 Å². The lowest BCUT2D eigenvalue weighted by molar-refractivity contribution is -0.120. The van der Waals surface area contributed by atoms with E-state index in [1.165, 1.54) is 12.0 Å². The van der Waals surface area contributed by atoms with E-state index in [-0.39, 0.29) is 11.3 Å². The van der Waals surface area contributed by atoms with Crippen molar-refractivity contribution in [3.63, 3.8) is 0 Å². The van der Waals surface area contributed by atoms with Crippen molar-refractivity contribution < 1.29 is 4.79 Å². The minimum atomic E-state index is 0.0918. The van der Waals surface area contributed by atoms with Crippen molar-refractivity contribution in [2.45, 2.75) is 31.1 Å². The molecular formula is C19H20BrNO. The SMILES string of the molecule is O=C(Cc1ccccc1Br)NCC1(c2ccccc2)CCC1. The maximum Gasteiger partial charge on any atom is 0.224 e. The highest BCUT2D eigenvalue weighted by Gasteiger charge is 2.38. The fourth-order valence-electron chi connectivity index (χ4n) is 3.11. The first-order valence-corrected chi connectivity index (χ1v) is 8.55. The zero-order valence-electron chi connectivity index (χ0n) is 12.5. The normalized spacial score (nSPS) is 15.9. The quantitative estimate of drug-likeness (QED) is 0.852. The molecule has 0 saturated heterocycles. The van der Waals surface area contributed by atoms with Gasteiger partial charge in [0.1, 0.15) is 0 Å². The van der Waals surface area contributed by atoms with Gasteiger partial charge < -0.3 is 5.32 Å². The van der Waals surface area contributed by atoms with Gasteiger partial charge in [0.25, 0.3) is 0 Å². The minimum Gasteiger partial charge on any atom is -0.355 e. The number of carbonyl (C=O) groups is 1. The number of hydrogen-bond acceptors (Lipinski definition) is 1. The fourth-order valence-corrected chi connectivity index (χ4v) is 3.53. The van der Waals surface area contributed by atoms with Crippen LogP contribution in [0.25, 0.3) is 0 Å². The van der Waals surface area contributed by atoms with E-state index >= 15 is 0 Å². The van der Waals surface area contributed by atoms with Crippen LogP contribution in [-0.4, -0.2) is 12.5 Å². The summed E-state index contributed by atoms with van der Waals surface area (Å²) in [6.07, 6.45) is 3.99. The fraction of sp³-hybridized carbons (Fsp3) is 0.316. The van der Waals surface area contributed by atoms with Gasteiger partial charge in [-0.1, -0.05) is 70.9 Å². The van der Waals surface area contributed by atoms with Gasteiger partial charge in [0.15, 0.2) is 0 Å². The van der Waals surface area contributed by atoms with Gasteiger partial charge in [-0.3, -0.25) is 4.79 Å². The Labute approximate surface area is 140 Å². The lowest BCUT2D eigenvalue weighted by Gasteiger charge is -2.42. The average Bonchev–Trinajstić information content (AvgIpc) is 2.50. The Morgan fingerprint density at radius 1 is 1.05 bits per heavy atom. The zero-order valence-corrected chi connectivity index (χ0v) is 14.1. The van der Waals surface area contributed by atoms with Crippen LogP contribution in [0.5, 0.6) is 0 Å². The van der Waals surface area contributed by atoms with Crippen LogP contribution in [0.1, 0.15) is 30.4 Å². The molecule has 0 spiro atoms.